The van der Waals surface area contributed by atoms with E-state index >= 15 is 0 Å². The molecule has 0 fully saturated rings. The van der Waals surface area contributed by atoms with Gasteiger partial charge in [0.15, 0.2) is 0 Å². The van der Waals surface area contributed by atoms with E-state index in [1.165, 1.54) is 0 Å². The Balaban J connectivity index is -0.0000000267. The van der Waals surface area contributed by atoms with E-state index in [1.807, 2.05) is 0 Å². The molecule has 0 atom stereocenters. The third kappa shape index (κ3) is 258. The first-order valence-electron chi connectivity index (χ1n) is 1.75. The molecule has 0 aromatic heterocycles. The maximum atomic E-state index is 9.75. The van der Waals surface area contributed by atoms with Crippen molar-refractivity contribution in [3.05, 3.63) is 0 Å². The zero-order valence-corrected chi connectivity index (χ0v) is 10.2. The van der Waals surface area contributed by atoms with Crippen LogP contribution in [0.1, 0.15) is 0 Å². The van der Waals surface area contributed by atoms with Crippen LogP contribution in [0.4, 0.5) is 34.5 Å². The minimum Gasteiger partial charge on any atom is 1.00 e. The average Bonchev–Trinajstić information content (AvgIpc) is 1.12. The predicted octanol–water partition coefficient (Wildman–Crippen LogP) is -4.04. The summed E-state index contributed by atoms with van der Waals surface area (Å²) < 4.78 is 78.0. The average molecular weight is 260 g/mol. The molecule has 0 radical (unpaired) electrons. The third-order valence-corrected chi connectivity index (χ3v) is 0. The van der Waals surface area contributed by atoms with Crippen LogP contribution in [-0.4, -0.2) is 65.9 Å². The molecule has 0 nitrogen and oxygen atoms in total. The molecule has 0 heterocycles. The van der Waals surface area contributed by atoms with E-state index in [9.17, 15) is 34.5 Å². The minimum absolute atomic E-state index is 0. The smallest absolute Gasteiger partial charge is 1.00 e. The fourth-order valence-corrected chi connectivity index (χ4v) is 0. The molecule has 66 valence electrons. The molecular weight excluding hydrogens is 259 g/mol. The van der Waals surface area contributed by atoms with Gasteiger partial charge >= 0.3 is 125 Å². The first-order valence-corrected chi connectivity index (χ1v) is 1.75. The molecule has 0 N–H and O–H groups in total. The third-order valence-electron chi connectivity index (χ3n) is 0. The van der Waals surface area contributed by atoms with Crippen molar-refractivity contribution in [3.63, 3.8) is 0 Å². The Labute approximate surface area is 156 Å². The van der Waals surface area contributed by atoms with Crippen molar-refractivity contribution in [1.29, 1.82) is 0 Å². The Kier molecular flexibility index (Phi) is 30.5. The van der Waals surface area contributed by atoms with Gasteiger partial charge in [-0.25, -0.2) is 0 Å². The molecule has 0 amide bonds. The second-order valence-electron chi connectivity index (χ2n) is 0.990. The van der Waals surface area contributed by atoms with Gasteiger partial charge in [0.2, 0.25) is 0 Å². The Morgan fingerprint density at radius 1 is 0.462 bits per heavy atom. The Morgan fingerprint density at radius 2 is 0.462 bits per heavy atom. The molecule has 13 heteroatoms. The summed E-state index contributed by atoms with van der Waals surface area (Å²) in [6.45, 7) is 0. The quantitative estimate of drug-likeness (QED) is 0.307. The first kappa shape index (κ1) is 29.8. The standard InChI is InChI=1S/2BF4.K.2Na.H/c2*2-1(3,4)5;;;;/q2*-1;;2*+1;. The summed E-state index contributed by atoms with van der Waals surface area (Å²) in [7, 11) is -12.0. The molecule has 0 aromatic carbocycles. The molecule has 0 aliphatic rings. The van der Waals surface area contributed by atoms with Crippen LogP contribution in [-0.2, 0) is 0 Å². The maximum absolute atomic E-state index is 9.75. The molecule has 0 rings (SSSR count). The Bertz CT molecular complexity index is 63.1. The van der Waals surface area contributed by atoms with Crippen LogP contribution in [0.15, 0.2) is 0 Å². The van der Waals surface area contributed by atoms with Crippen LogP contribution in [0, 0.1) is 0 Å². The number of hydrogen-bond donors (Lipinski definition) is 0. The predicted molar refractivity (Wildman–Crippen MR) is 27.5 cm³/mol. The zero-order chi connectivity index (χ0) is 9.00. The van der Waals surface area contributed by atoms with Gasteiger partial charge in [-0.05, 0) is 0 Å². The van der Waals surface area contributed by atoms with Crippen LogP contribution in [0.5, 0.6) is 0 Å². The molecule has 0 aliphatic heterocycles. The van der Waals surface area contributed by atoms with E-state index in [0.717, 1.165) is 0 Å². The Hall–Kier alpha value is 3.21. The Morgan fingerprint density at radius 3 is 0.462 bits per heavy atom. The fraction of sp³-hybridized carbons (Fsp3) is 0. The van der Waals surface area contributed by atoms with E-state index in [1.54, 1.807) is 0 Å². The molecule has 0 aliphatic carbocycles. The SMILES string of the molecule is F[B-](F)(F)F.F[B-](F)(F)F.[KH].[Na+].[Na+]. The van der Waals surface area contributed by atoms with Gasteiger partial charge in [0, 0.05) is 0 Å². The first-order chi connectivity index (χ1) is 4.00. The van der Waals surface area contributed by atoms with Crippen molar-refractivity contribution in [3.8, 4) is 0 Å². The summed E-state index contributed by atoms with van der Waals surface area (Å²) in [4.78, 5) is 0. The van der Waals surface area contributed by atoms with Crippen LogP contribution >= 0.6 is 0 Å². The van der Waals surface area contributed by atoms with Gasteiger partial charge in [-0.3, -0.25) is 0 Å². The van der Waals surface area contributed by atoms with Crippen molar-refractivity contribution >= 4 is 65.9 Å². The summed E-state index contributed by atoms with van der Waals surface area (Å²) in [6.07, 6.45) is 0. The van der Waals surface area contributed by atoms with E-state index < -0.39 is 14.5 Å². The van der Waals surface area contributed by atoms with Gasteiger partial charge in [-0.2, -0.15) is 0 Å². The van der Waals surface area contributed by atoms with Crippen molar-refractivity contribution in [2.75, 3.05) is 0 Å². The second-order valence-corrected chi connectivity index (χ2v) is 0.990. The summed E-state index contributed by atoms with van der Waals surface area (Å²) in [5.74, 6) is 0. The molecule has 0 bridgehead atoms. The topological polar surface area (TPSA) is 0 Å². The fourth-order valence-electron chi connectivity index (χ4n) is 0. The minimum atomic E-state index is -6.00. The van der Waals surface area contributed by atoms with Crippen molar-refractivity contribution < 1.29 is 93.6 Å². The van der Waals surface area contributed by atoms with Crippen molar-refractivity contribution in [1.82, 2.24) is 0 Å². The number of halogens is 8. The molecule has 0 aromatic rings. The van der Waals surface area contributed by atoms with Gasteiger partial charge in [-0.15, -0.1) is 0 Å². The van der Waals surface area contributed by atoms with Crippen molar-refractivity contribution in [2.45, 2.75) is 0 Å². The van der Waals surface area contributed by atoms with Crippen LogP contribution in [0.2, 0.25) is 0 Å². The van der Waals surface area contributed by atoms with E-state index in [0.29, 0.717) is 0 Å². The molecule has 0 saturated heterocycles. The summed E-state index contributed by atoms with van der Waals surface area (Å²) in [5, 5.41) is 0. The van der Waals surface area contributed by atoms with E-state index in [4.69, 9.17) is 0 Å². The zero-order valence-electron chi connectivity index (χ0n) is 6.18. The largest absolute Gasteiger partial charge is 1.00 e. The summed E-state index contributed by atoms with van der Waals surface area (Å²) in [5.41, 5.74) is 0. The second kappa shape index (κ2) is 13.3. The summed E-state index contributed by atoms with van der Waals surface area (Å²) in [6, 6.07) is 0. The van der Waals surface area contributed by atoms with Gasteiger partial charge in [0.05, 0.1) is 0 Å². The van der Waals surface area contributed by atoms with Gasteiger partial charge in [0.25, 0.3) is 0 Å². The molecular formula is HB2F8KNa2. The summed E-state index contributed by atoms with van der Waals surface area (Å²) >= 11 is 0. The molecule has 0 saturated carbocycles. The molecule has 13 heavy (non-hydrogen) atoms. The van der Waals surface area contributed by atoms with E-state index in [-0.39, 0.29) is 110 Å². The maximum Gasteiger partial charge on any atom is 1.00 e. The van der Waals surface area contributed by atoms with Crippen LogP contribution < -0.4 is 59.1 Å². The number of hydrogen-bond acceptors (Lipinski definition) is 0. The normalized spacial score (nSPS) is 9.23. The van der Waals surface area contributed by atoms with Gasteiger partial charge < -0.3 is 34.5 Å². The van der Waals surface area contributed by atoms with E-state index in [2.05, 4.69) is 0 Å². The van der Waals surface area contributed by atoms with Crippen LogP contribution in [0.25, 0.3) is 0 Å². The van der Waals surface area contributed by atoms with Gasteiger partial charge in [-0.1, -0.05) is 0 Å². The molecule has 0 unspecified atom stereocenters. The monoisotopic (exact) mass is 260 g/mol. The van der Waals surface area contributed by atoms with Crippen molar-refractivity contribution in [2.24, 2.45) is 0 Å². The molecule has 0 spiro atoms. The van der Waals surface area contributed by atoms with Gasteiger partial charge in [0.1, 0.15) is 0 Å². The van der Waals surface area contributed by atoms with Crippen LogP contribution in [0.3, 0.4) is 0 Å². The number of rotatable bonds is 0.